The largest absolute Gasteiger partial charge is 0.493 e. The monoisotopic (exact) mass is 468 g/mol. The van der Waals surface area contributed by atoms with Crippen LogP contribution < -0.4 is 14.8 Å². The van der Waals surface area contributed by atoms with Gasteiger partial charge in [-0.1, -0.05) is 29.8 Å². The van der Waals surface area contributed by atoms with E-state index < -0.39 is 0 Å². The minimum absolute atomic E-state index is 0.0642. The molecule has 2 aromatic carbocycles. The lowest BCUT2D eigenvalue weighted by Gasteiger charge is -2.08. The number of aromatic nitrogens is 1. The van der Waals surface area contributed by atoms with E-state index in [1.165, 1.54) is 16.9 Å². The third-order valence-electron chi connectivity index (χ3n) is 4.96. The molecule has 0 saturated heterocycles. The third kappa shape index (κ3) is 7.32. The van der Waals surface area contributed by atoms with E-state index >= 15 is 0 Å². The number of carbonyl (C=O) groups excluding carboxylic acids is 2. The van der Waals surface area contributed by atoms with Gasteiger partial charge in [-0.05, 0) is 37.1 Å². The Kier molecular flexibility index (Phi) is 8.83. The van der Waals surface area contributed by atoms with Crippen LogP contribution in [0, 0.1) is 6.92 Å². The number of ether oxygens (including phenoxy) is 3. The topological polar surface area (TPSA) is 86.8 Å². The molecule has 0 aliphatic heterocycles. The number of amides is 1. The van der Waals surface area contributed by atoms with Crippen LogP contribution in [0.15, 0.2) is 47.8 Å². The lowest BCUT2D eigenvalue weighted by atomic mass is 10.1. The zero-order valence-corrected chi connectivity index (χ0v) is 19.9. The molecule has 0 atom stereocenters. The first kappa shape index (κ1) is 24.3. The van der Waals surface area contributed by atoms with Crippen molar-refractivity contribution in [2.24, 2.45) is 0 Å². The summed E-state index contributed by atoms with van der Waals surface area (Å²) in [4.78, 5) is 28.6. The van der Waals surface area contributed by atoms with Crippen LogP contribution in [0.1, 0.15) is 23.2 Å². The number of benzene rings is 2. The molecule has 0 radical (unpaired) electrons. The number of hydrogen-bond donors (Lipinski definition) is 1. The van der Waals surface area contributed by atoms with E-state index in [9.17, 15) is 9.59 Å². The van der Waals surface area contributed by atoms with E-state index in [0.29, 0.717) is 30.0 Å². The smallest absolute Gasteiger partial charge is 0.311 e. The fraction of sp³-hybridized carbons (Fsp3) is 0.320. The molecule has 33 heavy (non-hydrogen) atoms. The van der Waals surface area contributed by atoms with Crippen molar-refractivity contribution in [2.45, 2.75) is 26.2 Å². The Balaban J connectivity index is 1.38. The normalized spacial score (nSPS) is 10.5. The summed E-state index contributed by atoms with van der Waals surface area (Å²) < 4.78 is 15.8. The van der Waals surface area contributed by atoms with E-state index in [1.807, 2.05) is 54.8 Å². The van der Waals surface area contributed by atoms with Crippen molar-refractivity contribution in [3.05, 3.63) is 64.7 Å². The van der Waals surface area contributed by atoms with E-state index in [0.717, 1.165) is 16.1 Å². The van der Waals surface area contributed by atoms with Gasteiger partial charge in [0.1, 0.15) is 11.6 Å². The van der Waals surface area contributed by atoms with Crippen molar-refractivity contribution in [1.82, 2.24) is 10.3 Å². The molecule has 1 amide bonds. The fourth-order valence-corrected chi connectivity index (χ4v) is 3.96. The van der Waals surface area contributed by atoms with Gasteiger partial charge >= 0.3 is 5.97 Å². The van der Waals surface area contributed by atoms with Crippen molar-refractivity contribution in [3.63, 3.8) is 0 Å². The summed E-state index contributed by atoms with van der Waals surface area (Å²) in [5.74, 6) is 0.815. The van der Waals surface area contributed by atoms with Gasteiger partial charge in [0.25, 0.3) is 0 Å². The van der Waals surface area contributed by atoms with Gasteiger partial charge < -0.3 is 19.5 Å². The molecule has 1 N–H and O–H groups in total. The lowest BCUT2D eigenvalue weighted by Crippen LogP contribution is -2.28. The maximum absolute atomic E-state index is 12.1. The molecule has 7 nitrogen and oxygen atoms in total. The molecular weight excluding hydrogens is 440 g/mol. The van der Waals surface area contributed by atoms with Gasteiger partial charge in [0.2, 0.25) is 5.91 Å². The molecule has 0 aliphatic rings. The van der Waals surface area contributed by atoms with Crippen molar-refractivity contribution in [3.8, 4) is 22.1 Å². The first-order valence-corrected chi connectivity index (χ1v) is 11.5. The number of rotatable bonds is 11. The van der Waals surface area contributed by atoms with Crippen LogP contribution in [0.2, 0.25) is 0 Å². The highest BCUT2D eigenvalue weighted by atomic mass is 32.1. The first-order chi connectivity index (χ1) is 16.0. The summed E-state index contributed by atoms with van der Waals surface area (Å²) in [6, 6.07) is 13.7. The number of nitrogens with zero attached hydrogens (tertiary/aromatic N) is 1. The summed E-state index contributed by atoms with van der Waals surface area (Å²) in [6.07, 6.45) is 1.15. The molecule has 8 heteroatoms. The highest BCUT2D eigenvalue weighted by molar-refractivity contribution is 7.13. The molecule has 0 fully saturated rings. The average molecular weight is 469 g/mol. The molecule has 3 rings (SSSR count). The molecule has 1 heterocycles. The van der Waals surface area contributed by atoms with Crippen LogP contribution in [0.5, 0.6) is 11.5 Å². The fourth-order valence-electron chi connectivity index (χ4n) is 3.15. The molecule has 0 aliphatic carbocycles. The number of carbonyl (C=O) groups is 2. The van der Waals surface area contributed by atoms with Gasteiger partial charge in [-0.3, -0.25) is 9.59 Å². The van der Waals surface area contributed by atoms with Crippen LogP contribution in [-0.2, 0) is 27.2 Å². The Bertz CT molecular complexity index is 1080. The summed E-state index contributed by atoms with van der Waals surface area (Å²) in [5, 5.41) is 5.39. The van der Waals surface area contributed by atoms with E-state index in [-0.39, 0.29) is 31.4 Å². The van der Waals surface area contributed by atoms with E-state index in [2.05, 4.69) is 10.3 Å². The minimum atomic E-state index is -0.381. The standard InChI is InChI=1S/C25H28N2O5S/c1-17-4-6-18(7-5-17)8-11-23(28)26-12-13-32-24(29)15-20-16-33-25(27-20)19-9-10-21(30-2)22(14-19)31-3/h4-7,9-10,14,16H,8,11-13,15H2,1-3H3,(H,26,28). The van der Waals surface area contributed by atoms with Gasteiger partial charge in [-0.2, -0.15) is 0 Å². The van der Waals surface area contributed by atoms with Crippen LogP contribution >= 0.6 is 11.3 Å². The Labute approximate surface area is 197 Å². The molecule has 0 bridgehead atoms. The number of hydrogen-bond acceptors (Lipinski definition) is 7. The third-order valence-corrected chi connectivity index (χ3v) is 5.90. The van der Waals surface area contributed by atoms with Crippen LogP contribution in [0.3, 0.4) is 0 Å². The highest BCUT2D eigenvalue weighted by Gasteiger charge is 2.12. The van der Waals surface area contributed by atoms with Crippen molar-refractivity contribution >= 4 is 23.2 Å². The van der Waals surface area contributed by atoms with Gasteiger partial charge in [-0.15, -0.1) is 11.3 Å². The Morgan fingerprint density at radius 1 is 1.03 bits per heavy atom. The minimum Gasteiger partial charge on any atom is -0.493 e. The van der Waals surface area contributed by atoms with Crippen LogP contribution in [-0.4, -0.2) is 44.2 Å². The summed E-state index contributed by atoms with van der Waals surface area (Å²) in [7, 11) is 3.17. The van der Waals surface area contributed by atoms with Crippen LogP contribution in [0.25, 0.3) is 10.6 Å². The van der Waals surface area contributed by atoms with E-state index in [1.54, 1.807) is 14.2 Å². The maximum atomic E-state index is 12.1. The first-order valence-electron chi connectivity index (χ1n) is 10.6. The second kappa shape index (κ2) is 12.0. The summed E-state index contributed by atoms with van der Waals surface area (Å²) >= 11 is 1.44. The molecule has 0 spiro atoms. The Hall–Kier alpha value is -3.39. The lowest BCUT2D eigenvalue weighted by molar-refractivity contribution is -0.143. The van der Waals surface area contributed by atoms with Gasteiger partial charge in [-0.25, -0.2) is 4.98 Å². The van der Waals surface area contributed by atoms with Crippen molar-refractivity contribution in [1.29, 1.82) is 0 Å². The SMILES string of the molecule is COc1ccc(-c2nc(CC(=O)OCCNC(=O)CCc3ccc(C)cc3)cs2)cc1OC. The zero-order chi connectivity index (χ0) is 23.6. The number of nitrogens with one attached hydrogen (secondary N) is 1. The Morgan fingerprint density at radius 3 is 2.52 bits per heavy atom. The van der Waals surface area contributed by atoms with Crippen molar-refractivity contribution in [2.75, 3.05) is 27.4 Å². The number of thiazole rings is 1. The molecule has 174 valence electrons. The van der Waals surface area contributed by atoms with Gasteiger partial charge in [0, 0.05) is 17.4 Å². The zero-order valence-electron chi connectivity index (χ0n) is 19.1. The van der Waals surface area contributed by atoms with Gasteiger partial charge in [0.15, 0.2) is 11.5 Å². The maximum Gasteiger partial charge on any atom is 0.311 e. The van der Waals surface area contributed by atoms with Gasteiger partial charge in [0.05, 0.1) is 32.9 Å². The number of aryl methyl sites for hydroxylation is 2. The molecule has 0 unspecified atom stereocenters. The predicted octanol–water partition coefficient (Wildman–Crippen LogP) is 3.97. The quantitative estimate of drug-likeness (QED) is 0.339. The highest BCUT2D eigenvalue weighted by Crippen LogP contribution is 2.33. The predicted molar refractivity (Wildman–Crippen MR) is 128 cm³/mol. The average Bonchev–Trinajstić information content (AvgIpc) is 3.29. The molecule has 1 aromatic heterocycles. The number of esters is 1. The summed E-state index contributed by atoms with van der Waals surface area (Å²) in [6.45, 7) is 2.44. The second-order valence-electron chi connectivity index (χ2n) is 7.45. The Morgan fingerprint density at radius 2 is 1.79 bits per heavy atom. The number of methoxy groups -OCH3 is 2. The molecular formula is C25H28N2O5S. The summed E-state index contributed by atoms with van der Waals surface area (Å²) in [5.41, 5.74) is 3.83. The van der Waals surface area contributed by atoms with Crippen molar-refractivity contribution < 1.29 is 23.8 Å². The second-order valence-corrected chi connectivity index (χ2v) is 8.30. The molecule has 3 aromatic rings. The molecule has 0 saturated carbocycles. The van der Waals surface area contributed by atoms with E-state index in [4.69, 9.17) is 14.2 Å². The van der Waals surface area contributed by atoms with Crippen LogP contribution in [0.4, 0.5) is 0 Å².